The highest BCUT2D eigenvalue weighted by atomic mass is 16.1. The van der Waals surface area contributed by atoms with E-state index in [4.69, 9.17) is 18.6 Å². The van der Waals surface area contributed by atoms with Crippen molar-refractivity contribution in [3.05, 3.63) is 111 Å². The van der Waals surface area contributed by atoms with Crippen LogP contribution in [-0.4, -0.2) is 23.2 Å². The third-order valence-corrected chi connectivity index (χ3v) is 7.59. The lowest BCUT2D eigenvalue weighted by molar-refractivity contribution is 0.256. The lowest BCUT2D eigenvalue weighted by atomic mass is 9.87. The maximum absolute atomic E-state index is 14.1. The molecule has 5 rings (SSSR count). The molecule has 0 spiro atoms. The number of hydrogen-bond acceptors (Lipinski definition) is 4. The van der Waals surface area contributed by atoms with Gasteiger partial charge < -0.3 is 11.1 Å². The van der Waals surface area contributed by atoms with E-state index < -0.39 is 12.0 Å². The number of benzene rings is 2. The number of amides is 1. The van der Waals surface area contributed by atoms with Gasteiger partial charge in [-0.1, -0.05) is 73.5 Å². The van der Waals surface area contributed by atoms with Crippen molar-refractivity contribution in [2.75, 3.05) is 0 Å². The van der Waals surface area contributed by atoms with Crippen molar-refractivity contribution in [3.63, 3.8) is 0 Å². The van der Waals surface area contributed by atoms with E-state index in [1.165, 1.54) is 5.57 Å². The summed E-state index contributed by atoms with van der Waals surface area (Å²) in [5.74, 6) is 0.624. The Kier molecular flexibility index (Phi) is 8.27. The lowest BCUT2D eigenvalue weighted by Crippen LogP contribution is -2.33. The van der Waals surface area contributed by atoms with Crippen molar-refractivity contribution < 1.29 is 4.79 Å². The summed E-state index contributed by atoms with van der Waals surface area (Å²) >= 11 is 0. The average Bonchev–Trinajstić information content (AvgIpc) is 3.79. The van der Waals surface area contributed by atoms with Gasteiger partial charge in [-0.15, -0.1) is 0 Å². The summed E-state index contributed by atoms with van der Waals surface area (Å²) in [6.45, 7) is 2.17. The molecule has 2 aliphatic carbocycles. The number of hydrogen-bond donors (Lipinski definition) is 2. The lowest BCUT2D eigenvalue weighted by Gasteiger charge is -2.22. The first-order chi connectivity index (χ1) is 19.0. The molecule has 2 aliphatic rings. The van der Waals surface area contributed by atoms with Gasteiger partial charge in [-0.3, -0.25) is 14.2 Å². The molecular formula is C32H35BN4O2. The van der Waals surface area contributed by atoms with Crippen LogP contribution in [0.4, 0.5) is 4.79 Å². The van der Waals surface area contributed by atoms with Gasteiger partial charge in [0, 0.05) is 17.9 Å². The van der Waals surface area contributed by atoms with Gasteiger partial charge >= 0.3 is 0 Å². The van der Waals surface area contributed by atoms with Crippen LogP contribution in [0, 0.1) is 0 Å². The quantitative estimate of drug-likeness (QED) is 0.269. The summed E-state index contributed by atoms with van der Waals surface area (Å²) in [6, 6.07) is 17.7. The summed E-state index contributed by atoms with van der Waals surface area (Å²) in [5.41, 5.74) is 13.1. The van der Waals surface area contributed by atoms with Gasteiger partial charge in [-0.05, 0) is 67.4 Å². The van der Waals surface area contributed by atoms with Crippen molar-refractivity contribution in [1.82, 2.24) is 14.9 Å². The second-order valence-electron chi connectivity index (χ2n) is 10.5. The Bertz CT molecular complexity index is 1470. The number of allylic oxidation sites excluding steroid dienone is 4. The van der Waals surface area contributed by atoms with Gasteiger partial charge in [0.25, 0.3) is 5.56 Å². The first kappa shape index (κ1) is 26.9. The highest BCUT2D eigenvalue weighted by Crippen LogP contribution is 2.40. The zero-order chi connectivity index (χ0) is 27.4. The van der Waals surface area contributed by atoms with Crippen LogP contribution in [0.1, 0.15) is 85.7 Å². The van der Waals surface area contributed by atoms with Crippen LogP contribution >= 0.6 is 0 Å². The van der Waals surface area contributed by atoms with E-state index in [1.807, 2.05) is 59.2 Å². The summed E-state index contributed by atoms with van der Waals surface area (Å²) in [4.78, 5) is 30.6. The van der Waals surface area contributed by atoms with Crippen LogP contribution in [0.25, 0.3) is 11.3 Å². The molecule has 1 saturated carbocycles. The first-order valence-electron chi connectivity index (χ1n) is 14.0. The fourth-order valence-electron chi connectivity index (χ4n) is 5.36. The molecule has 1 fully saturated rings. The maximum Gasteiger partial charge on any atom is 0.261 e. The van der Waals surface area contributed by atoms with Crippen LogP contribution in [0.2, 0.25) is 0 Å². The third kappa shape index (κ3) is 6.14. The number of nitrogens with zero attached hydrogens (tertiary/aromatic N) is 2. The summed E-state index contributed by atoms with van der Waals surface area (Å²) in [7, 11) is 5.30. The number of aromatic nitrogens is 2. The fourth-order valence-corrected chi connectivity index (χ4v) is 5.36. The van der Waals surface area contributed by atoms with Gasteiger partial charge in [0.15, 0.2) is 5.81 Å². The SMILES string of the molecule is [B]C(=O)NC(N)c1ccccc1C1=CC=C(Cc2c(CCCC)nc(C3CC3)n(-c3ccccc3)c2=O)CC1. The molecule has 3 N–H and O–H groups in total. The zero-order valence-electron chi connectivity index (χ0n) is 22.5. The Hall–Kier alpha value is -3.71. The average molecular weight is 518 g/mol. The van der Waals surface area contributed by atoms with Crippen LogP contribution in [0.3, 0.4) is 0 Å². The largest absolute Gasteiger partial charge is 0.347 e. The summed E-state index contributed by atoms with van der Waals surface area (Å²) < 4.78 is 1.86. The minimum absolute atomic E-state index is 0.0636. The maximum atomic E-state index is 14.1. The Morgan fingerprint density at radius 3 is 2.51 bits per heavy atom. The minimum atomic E-state index is -0.682. The third-order valence-electron chi connectivity index (χ3n) is 7.59. The van der Waals surface area contributed by atoms with Crippen LogP contribution in [-0.2, 0) is 12.8 Å². The molecule has 1 aromatic heterocycles. The first-order valence-corrected chi connectivity index (χ1v) is 14.0. The predicted octanol–water partition coefficient (Wildman–Crippen LogP) is 5.63. The molecule has 198 valence electrons. The van der Waals surface area contributed by atoms with Crippen molar-refractivity contribution in [3.8, 4) is 5.69 Å². The molecule has 0 aliphatic heterocycles. The standard InChI is InChI=1S/C32H35BN4O2/c1-2-3-13-28-27(31(38)37(24-9-5-4-6-10-24)30(35-28)23-18-19-23)20-21-14-16-22(17-15-21)25-11-7-8-12-26(25)29(34)36-32(33)39/h4-12,14,16,23,29H,2-3,13,15,17-20,34H2,1H3,(H,36,39). The van der Waals surface area contributed by atoms with Crippen LogP contribution in [0.5, 0.6) is 0 Å². The molecule has 0 bridgehead atoms. The van der Waals surface area contributed by atoms with Gasteiger partial charge in [-0.2, -0.15) is 0 Å². The molecule has 3 aromatic rings. The molecule has 2 aromatic carbocycles. The Morgan fingerprint density at radius 2 is 1.85 bits per heavy atom. The van der Waals surface area contributed by atoms with Gasteiger partial charge in [-0.25, -0.2) is 4.98 Å². The van der Waals surface area contributed by atoms with Gasteiger partial charge in [0.05, 0.1) is 11.4 Å². The highest BCUT2D eigenvalue weighted by Gasteiger charge is 2.31. The van der Waals surface area contributed by atoms with E-state index in [2.05, 4.69) is 24.4 Å². The van der Waals surface area contributed by atoms with Crippen LogP contribution < -0.4 is 16.6 Å². The molecule has 7 heteroatoms. The smallest absolute Gasteiger partial charge is 0.261 e. The van der Waals surface area contributed by atoms with E-state index in [9.17, 15) is 9.59 Å². The second-order valence-corrected chi connectivity index (χ2v) is 10.5. The summed E-state index contributed by atoms with van der Waals surface area (Å²) in [6.07, 6.45) is 10.9. The van der Waals surface area contributed by atoms with Crippen molar-refractivity contribution in [2.24, 2.45) is 5.73 Å². The topological polar surface area (TPSA) is 90.0 Å². The van der Waals surface area contributed by atoms with E-state index in [1.54, 1.807) is 0 Å². The molecule has 39 heavy (non-hydrogen) atoms. The molecule has 2 radical (unpaired) electrons. The molecule has 6 nitrogen and oxygen atoms in total. The van der Waals surface area contributed by atoms with Crippen molar-refractivity contribution in [1.29, 1.82) is 0 Å². The van der Waals surface area contributed by atoms with E-state index in [0.29, 0.717) is 12.3 Å². The normalized spacial score (nSPS) is 15.8. The number of aryl methyl sites for hydroxylation is 1. The molecule has 1 unspecified atom stereocenters. The van der Waals surface area contributed by atoms with Gasteiger partial charge in [0.2, 0.25) is 7.85 Å². The number of rotatable bonds is 10. The Morgan fingerprint density at radius 1 is 1.10 bits per heavy atom. The number of para-hydroxylation sites is 1. The number of carbonyl (C=O) groups is 1. The zero-order valence-corrected chi connectivity index (χ0v) is 22.5. The van der Waals surface area contributed by atoms with Gasteiger partial charge in [0.1, 0.15) is 12.0 Å². The van der Waals surface area contributed by atoms with Crippen LogP contribution in [0.15, 0.2) is 77.1 Å². The molecule has 1 atom stereocenters. The molecular weight excluding hydrogens is 483 g/mol. The molecule has 0 saturated heterocycles. The minimum Gasteiger partial charge on any atom is -0.347 e. The Labute approximate surface area is 231 Å². The monoisotopic (exact) mass is 518 g/mol. The predicted molar refractivity (Wildman–Crippen MR) is 157 cm³/mol. The molecule has 1 amide bonds. The van der Waals surface area contributed by atoms with E-state index >= 15 is 0 Å². The van der Waals surface area contributed by atoms with Crippen molar-refractivity contribution >= 4 is 19.2 Å². The van der Waals surface area contributed by atoms with E-state index in [0.717, 1.165) is 84.4 Å². The summed E-state index contributed by atoms with van der Waals surface area (Å²) in [5, 5.41) is 2.57. The van der Waals surface area contributed by atoms with Crippen molar-refractivity contribution in [2.45, 2.75) is 70.4 Å². The highest BCUT2D eigenvalue weighted by molar-refractivity contribution is 6.57. The second kappa shape index (κ2) is 12.0. The number of carbonyl (C=O) groups excluding carboxylic acids is 1. The number of nitrogens with two attached hydrogens (primary N) is 1. The number of unbranched alkanes of at least 4 members (excludes halogenated alkanes) is 1. The molecule has 1 heterocycles. The fraction of sp³-hybridized carbons (Fsp3) is 0.344. The van der Waals surface area contributed by atoms with E-state index in [-0.39, 0.29) is 5.56 Å². The Balaban J connectivity index is 1.50. The number of nitrogens with one attached hydrogen (secondary N) is 1.